The first kappa shape index (κ1) is 23.4. The van der Waals surface area contributed by atoms with E-state index in [0.29, 0.717) is 16.0 Å². The quantitative estimate of drug-likeness (QED) is 0.492. The Morgan fingerprint density at radius 1 is 1.30 bits per heavy atom. The average molecular weight is 494 g/mol. The van der Waals surface area contributed by atoms with E-state index in [9.17, 15) is 23.1 Å². The third-order valence-electron chi connectivity index (χ3n) is 5.61. The topological polar surface area (TPSA) is 139 Å². The SMILES string of the molecule is COc1ccc(S(=O)(=O)N2C[C@H](O)C[C@H]2C(=O)OCc2nc3sc(C)c(C)c3c(=O)[nH]2)cc1. The second kappa shape index (κ2) is 8.86. The van der Waals surface area contributed by atoms with Gasteiger partial charge in [0, 0.05) is 17.8 Å². The average Bonchev–Trinajstić information content (AvgIpc) is 3.32. The third kappa shape index (κ3) is 4.38. The fourth-order valence-electron chi connectivity index (χ4n) is 3.75. The molecule has 176 valence electrons. The molecule has 10 nitrogen and oxygen atoms in total. The van der Waals surface area contributed by atoms with Gasteiger partial charge in [-0.1, -0.05) is 0 Å². The first-order valence-corrected chi connectivity index (χ1v) is 12.4. The number of methoxy groups -OCH3 is 1. The molecule has 1 fully saturated rings. The molecule has 12 heteroatoms. The van der Waals surface area contributed by atoms with Gasteiger partial charge in [0.15, 0.2) is 0 Å². The van der Waals surface area contributed by atoms with Gasteiger partial charge in [0.25, 0.3) is 5.56 Å². The van der Waals surface area contributed by atoms with Crippen LogP contribution in [0, 0.1) is 13.8 Å². The summed E-state index contributed by atoms with van der Waals surface area (Å²) in [6, 6.07) is 4.54. The molecule has 0 bridgehead atoms. The van der Waals surface area contributed by atoms with Gasteiger partial charge in [0.2, 0.25) is 10.0 Å². The number of aliphatic hydroxyl groups is 1. The monoisotopic (exact) mass is 493 g/mol. The molecule has 1 aliphatic rings. The van der Waals surface area contributed by atoms with Crippen LogP contribution in [0.2, 0.25) is 0 Å². The van der Waals surface area contributed by atoms with E-state index in [2.05, 4.69) is 9.97 Å². The van der Waals surface area contributed by atoms with E-state index in [0.717, 1.165) is 14.7 Å². The number of nitrogens with zero attached hydrogens (tertiary/aromatic N) is 2. The summed E-state index contributed by atoms with van der Waals surface area (Å²) in [4.78, 5) is 33.6. The largest absolute Gasteiger partial charge is 0.497 e. The molecule has 0 spiro atoms. The minimum atomic E-state index is -4.07. The number of H-pyrrole nitrogens is 1. The van der Waals surface area contributed by atoms with Crippen LogP contribution in [0.1, 0.15) is 22.7 Å². The van der Waals surface area contributed by atoms with Crippen LogP contribution in [0.25, 0.3) is 10.2 Å². The summed E-state index contributed by atoms with van der Waals surface area (Å²) in [5.74, 6) is -0.184. The van der Waals surface area contributed by atoms with Gasteiger partial charge in [-0.25, -0.2) is 13.4 Å². The number of sulfonamides is 1. The molecule has 1 saturated heterocycles. The summed E-state index contributed by atoms with van der Waals surface area (Å²) >= 11 is 1.37. The molecule has 2 atom stereocenters. The molecule has 1 aliphatic heterocycles. The molecule has 0 saturated carbocycles. The molecule has 1 aromatic carbocycles. The van der Waals surface area contributed by atoms with Crippen molar-refractivity contribution in [3.05, 3.63) is 50.9 Å². The van der Waals surface area contributed by atoms with E-state index in [1.807, 2.05) is 13.8 Å². The van der Waals surface area contributed by atoms with Crippen molar-refractivity contribution in [2.75, 3.05) is 13.7 Å². The van der Waals surface area contributed by atoms with Crippen molar-refractivity contribution in [2.24, 2.45) is 0 Å². The summed E-state index contributed by atoms with van der Waals surface area (Å²) in [5, 5.41) is 10.6. The van der Waals surface area contributed by atoms with Crippen LogP contribution in [0.15, 0.2) is 34.0 Å². The van der Waals surface area contributed by atoms with Crippen molar-refractivity contribution >= 4 is 37.5 Å². The zero-order valence-electron chi connectivity index (χ0n) is 18.2. The first-order valence-electron chi connectivity index (χ1n) is 10.1. The molecule has 0 unspecified atom stereocenters. The third-order valence-corrected chi connectivity index (χ3v) is 8.60. The van der Waals surface area contributed by atoms with Crippen molar-refractivity contribution in [1.82, 2.24) is 14.3 Å². The second-order valence-corrected chi connectivity index (χ2v) is 10.8. The van der Waals surface area contributed by atoms with Crippen LogP contribution < -0.4 is 10.3 Å². The number of rotatable bonds is 6. The van der Waals surface area contributed by atoms with E-state index >= 15 is 0 Å². The lowest BCUT2D eigenvalue weighted by Gasteiger charge is -2.22. The van der Waals surface area contributed by atoms with Crippen molar-refractivity contribution < 1.29 is 27.8 Å². The van der Waals surface area contributed by atoms with E-state index in [-0.39, 0.29) is 35.9 Å². The standard InChI is InChI=1S/C21H23N3O7S2/c1-11-12(2)32-20-18(11)19(26)22-17(23-20)10-31-21(27)16-8-13(25)9-24(16)33(28,29)15-6-4-14(30-3)5-7-15/h4-7,13,16,25H,8-10H2,1-3H3,(H,22,23,26)/t13-,16+/m1/s1. The number of ether oxygens (including phenoxy) is 2. The predicted molar refractivity (Wildman–Crippen MR) is 121 cm³/mol. The highest BCUT2D eigenvalue weighted by molar-refractivity contribution is 7.89. The van der Waals surface area contributed by atoms with Gasteiger partial charge in [-0.2, -0.15) is 4.31 Å². The number of hydrogen-bond donors (Lipinski definition) is 2. The van der Waals surface area contributed by atoms with Crippen LogP contribution in [-0.2, 0) is 26.2 Å². The highest BCUT2D eigenvalue weighted by atomic mass is 32.2. The maximum atomic E-state index is 13.1. The van der Waals surface area contributed by atoms with Gasteiger partial charge in [0.05, 0.1) is 23.5 Å². The number of aliphatic hydroxyl groups excluding tert-OH is 1. The highest BCUT2D eigenvalue weighted by Gasteiger charge is 2.44. The summed E-state index contributed by atoms with van der Waals surface area (Å²) in [6.07, 6.45) is -1.11. The summed E-state index contributed by atoms with van der Waals surface area (Å²) in [7, 11) is -2.60. The summed E-state index contributed by atoms with van der Waals surface area (Å²) < 4.78 is 37.5. The van der Waals surface area contributed by atoms with Crippen molar-refractivity contribution in [3.8, 4) is 5.75 Å². The number of fused-ring (bicyclic) bond motifs is 1. The predicted octanol–water partition coefficient (Wildman–Crippen LogP) is 1.48. The number of aromatic amines is 1. The van der Waals surface area contributed by atoms with Gasteiger partial charge >= 0.3 is 5.97 Å². The Bertz CT molecular complexity index is 1360. The lowest BCUT2D eigenvalue weighted by Crippen LogP contribution is -2.41. The van der Waals surface area contributed by atoms with Gasteiger partial charge in [-0.05, 0) is 43.7 Å². The van der Waals surface area contributed by atoms with E-state index in [1.165, 1.54) is 42.7 Å². The number of esters is 1. The van der Waals surface area contributed by atoms with Gasteiger partial charge in [-0.3, -0.25) is 9.59 Å². The molecule has 2 N–H and O–H groups in total. The van der Waals surface area contributed by atoms with E-state index in [4.69, 9.17) is 9.47 Å². The van der Waals surface area contributed by atoms with Crippen LogP contribution >= 0.6 is 11.3 Å². The Labute approximate surface area is 193 Å². The molecular weight excluding hydrogens is 470 g/mol. The van der Waals surface area contributed by atoms with Crippen LogP contribution in [-0.4, -0.2) is 59.6 Å². The Morgan fingerprint density at radius 2 is 2.00 bits per heavy atom. The van der Waals surface area contributed by atoms with E-state index < -0.39 is 28.1 Å². The smallest absolute Gasteiger partial charge is 0.325 e. The Balaban J connectivity index is 1.53. The maximum Gasteiger partial charge on any atom is 0.325 e. The first-order chi connectivity index (χ1) is 15.6. The molecular formula is C21H23N3O7S2. The Hall–Kier alpha value is -2.80. The lowest BCUT2D eigenvalue weighted by molar-refractivity contribution is -0.149. The maximum absolute atomic E-state index is 13.1. The number of carbonyl (C=O) groups excluding carboxylic acids is 1. The van der Waals surface area contributed by atoms with Crippen LogP contribution in [0.4, 0.5) is 0 Å². The van der Waals surface area contributed by atoms with Gasteiger partial charge < -0.3 is 19.6 Å². The normalized spacial score (nSPS) is 19.2. The number of nitrogens with one attached hydrogen (secondary N) is 1. The number of benzene rings is 1. The fraction of sp³-hybridized carbons (Fsp3) is 0.381. The van der Waals surface area contributed by atoms with Crippen LogP contribution in [0.3, 0.4) is 0 Å². The van der Waals surface area contributed by atoms with Crippen molar-refractivity contribution in [3.63, 3.8) is 0 Å². The molecule has 33 heavy (non-hydrogen) atoms. The highest BCUT2D eigenvalue weighted by Crippen LogP contribution is 2.29. The van der Waals surface area contributed by atoms with Crippen molar-refractivity contribution in [2.45, 2.75) is 43.9 Å². The second-order valence-electron chi connectivity index (χ2n) is 7.74. The molecule has 0 radical (unpaired) electrons. The fourth-order valence-corrected chi connectivity index (χ4v) is 6.43. The van der Waals surface area contributed by atoms with Gasteiger partial charge in [-0.15, -0.1) is 11.3 Å². The number of hydrogen-bond acceptors (Lipinski definition) is 9. The minimum absolute atomic E-state index is 0.0323. The minimum Gasteiger partial charge on any atom is -0.497 e. The molecule has 4 rings (SSSR count). The van der Waals surface area contributed by atoms with Crippen LogP contribution in [0.5, 0.6) is 5.75 Å². The molecule has 0 amide bonds. The Kier molecular flexibility index (Phi) is 6.27. The Morgan fingerprint density at radius 3 is 2.67 bits per heavy atom. The number of aryl methyl sites for hydroxylation is 2. The number of thiophene rings is 1. The van der Waals surface area contributed by atoms with E-state index in [1.54, 1.807) is 0 Å². The van der Waals surface area contributed by atoms with Crippen molar-refractivity contribution in [1.29, 1.82) is 0 Å². The zero-order chi connectivity index (χ0) is 23.9. The summed E-state index contributed by atoms with van der Waals surface area (Å²) in [6.45, 7) is 3.17. The molecule has 3 heterocycles. The number of aromatic nitrogens is 2. The molecule has 0 aliphatic carbocycles. The van der Waals surface area contributed by atoms with Gasteiger partial charge in [0.1, 0.15) is 29.1 Å². The number of carbonyl (C=O) groups is 1. The summed E-state index contributed by atoms with van der Waals surface area (Å²) in [5.41, 5.74) is 0.527. The number of β-amino-alcohol motifs (C(OH)–C–C–N with tert-alkyl or cyclic N) is 1. The zero-order valence-corrected chi connectivity index (χ0v) is 19.8. The molecule has 3 aromatic rings. The molecule has 2 aromatic heterocycles. The lowest BCUT2D eigenvalue weighted by atomic mass is 10.2.